The van der Waals surface area contributed by atoms with E-state index < -0.39 is 11.4 Å². The molecule has 1 aromatic carbocycles. The van der Waals surface area contributed by atoms with E-state index in [9.17, 15) is 9.18 Å². The minimum Gasteiger partial charge on any atom is -0.494 e. The molecule has 0 saturated heterocycles. The molecule has 0 aliphatic carbocycles. The molecule has 0 aliphatic rings. The van der Waals surface area contributed by atoms with Gasteiger partial charge in [0, 0.05) is 6.42 Å². The van der Waals surface area contributed by atoms with Crippen molar-refractivity contribution in [3.63, 3.8) is 0 Å². The number of hydrogen-bond acceptors (Lipinski definition) is 3. The van der Waals surface area contributed by atoms with Crippen LogP contribution in [0.3, 0.4) is 0 Å². The Labute approximate surface area is 101 Å². The zero-order chi connectivity index (χ0) is 13.1. The second-order valence-corrected chi connectivity index (χ2v) is 4.30. The van der Waals surface area contributed by atoms with Gasteiger partial charge in [-0.2, -0.15) is 0 Å². The monoisotopic (exact) mass is 239 g/mol. The topological polar surface area (TPSA) is 52.3 Å². The lowest BCUT2D eigenvalue weighted by atomic mass is 9.90. The summed E-state index contributed by atoms with van der Waals surface area (Å²) in [7, 11) is 1.39. The highest BCUT2D eigenvalue weighted by atomic mass is 19.1. The summed E-state index contributed by atoms with van der Waals surface area (Å²) in [5, 5.41) is 0. The van der Waals surface area contributed by atoms with Crippen LogP contribution in [0.4, 0.5) is 4.39 Å². The molecule has 0 heterocycles. The standard InChI is InChI=1S/C13H18FNO2/c1-4-13(2,15)11(16)8-9-6-5-7-10(17-3)12(9)14/h5-7H,4,8,15H2,1-3H3. The molecule has 0 amide bonds. The minimum atomic E-state index is -0.907. The first-order chi connectivity index (χ1) is 7.92. The molecule has 94 valence electrons. The molecule has 0 aliphatic heterocycles. The number of benzene rings is 1. The zero-order valence-electron chi connectivity index (χ0n) is 10.4. The summed E-state index contributed by atoms with van der Waals surface area (Å²) in [6.45, 7) is 3.49. The molecule has 0 fully saturated rings. The molecule has 4 heteroatoms. The number of ketones is 1. The number of carbonyl (C=O) groups is 1. The van der Waals surface area contributed by atoms with Crippen LogP contribution in [-0.2, 0) is 11.2 Å². The van der Waals surface area contributed by atoms with E-state index in [1.54, 1.807) is 19.1 Å². The lowest BCUT2D eigenvalue weighted by molar-refractivity contribution is -0.123. The van der Waals surface area contributed by atoms with Gasteiger partial charge in [-0.05, 0) is 25.0 Å². The number of hydrogen-bond donors (Lipinski definition) is 1. The lowest BCUT2D eigenvalue weighted by Gasteiger charge is -2.21. The van der Waals surface area contributed by atoms with Crippen LogP contribution in [0.2, 0.25) is 0 Å². The van der Waals surface area contributed by atoms with Gasteiger partial charge in [0.25, 0.3) is 0 Å². The molecule has 0 aromatic heterocycles. The summed E-state index contributed by atoms with van der Waals surface area (Å²) in [6, 6.07) is 4.75. The fraction of sp³-hybridized carbons (Fsp3) is 0.462. The van der Waals surface area contributed by atoms with E-state index in [2.05, 4.69) is 0 Å². The van der Waals surface area contributed by atoms with Crippen molar-refractivity contribution in [2.75, 3.05) is 7.11 Å². The molecule has 0 spiro atoms. The average Bonchev–Trinajstić information content (AvgIpc) is 2.31. The number of nitrogens with two attached hydrogens (primary N) is 1. The first-order valence-corrected chi connectivity index (χ1v) is 5.56. The Morgan fingerprint density at radius 2 is 2.18 bits per heavy atom. The van der Waals surface area contributed by atoms with Crippen LogP contribution in [0.15, 0.2) is 18.2 Å². The van der Waals surface area contributed by atoms with Gasteiger partial charge in [-0.25, -0.2) is 4.39 Å². The predicted octanol–water partition coefficient (Wildman–Crippen LogP) is 2.07. The van der Waals surface area contributed by atoms with Gasteiger partial charge < -0.3 is 10.5 Å². The Hall–Kier alpha value is -1.42. The van der Waals surface area contributed by atoms with Gasteiger partial charge in [0.15, 0.2) is 17.3 Å². The highest BCUT2D eigenvalue weighted by Gasteiger charge is 2.26. The van der Waals surface area contributed by atoms with E-state index in [1.807, 2.05) is 6.92 Å². The fourth-order valence-corrected chi connectivity index (χ4v) is 1.42. The molecule has 0 radical (unpaired) electrons. The van der Waals surface area contributed by atoms with Crippen molar-refractivity contribution in [3.05, 3.63) is 29.6 Å². The van der Waals surface area contributed by atoms with E-state index in [1.165, 1.54) is 13.2 Å². The first-order valence-electron chi connectivity index (χ1n) is 5.56. The molecule has 1 rings (SSSR count). The molecule has 0 saturated carbocycles. The van der Waals surface area contributed by atoms with E-state index >= 15 is 0 Å². The van der Waals surface area contributed by atoms with Crippen LogP contribution < -0.4 is 10.5 Å². The van der Waals surface area contributed by atoms with Crippen molar-refractivity contribution in [1.82, 2.24) is 0 Å². The minimum absolute atomic E-state index is 0.0100. The van der Waals surface area contributed by atoms with Gasteiger partial charge >= 0.3 is 0 Å². The third kappa shape index (κ3) is 3.03. The molecule has 0 bridgehead atoms. The normalized spacial score (nSPS) is 14.2. The number of Topliss-reactive ketones (excluding diaryl/α,β-unsaturated/α-hetero) is 1. The number of carbonyl (C=O) groups excluding carboxylic acids is 1. The molecule has 1 unspecified atom stereocenters. The summed E-state index contributed by atoms with van der Waals surface area (Å²) >= 11 is 0. The van der Waals surface area contributed by atoms with Gasteiger partial charge in [0.05, 0.1) is 12.6 Å². The van der Waals surface area contributed by atoms with Crippen LogP contribution in [-0.4, -0.2) is 18.4 Å². The van der Waals surface area contributed by atoms with Crippen molar-refractivity contribution in [2.45, 2.75) is 32.2 Å². The quantitative estimate of drug-likeness (QED) is 0.855. The number of methoxy groups -OCH3 is 1. The van der Waals surface area contributed by atoms with Crippen LogP contribution in [0, 0.1) is 5.82 Å². The SMILES string of the molecule is CCC(C)(N)C(=O)Cc1cccc(OC)c1F. The van der Waals surface area contributed by atoms with Crippen LogP contribution in [0.1, 0.15) is 25.8 Å². The molecule has 1 aromatic rings. The number of rotatable bonds is 5. The summed E-state index contributed by atoms with van der Waals surface area (Å²) in [4.78, 5) is 11.9. The summed E-state index contributed by atoms with van der Waals surface area (Å²) in [5.41, 5.74) is 5.24. The Balaban J connectivity index is 2.93. The number of ether oxygens (including phenoxy) is 1. The van der Waals surface area contributed by atoms with E-state index in [-0.39, 0.29) is 18.0 Å². The Kier molecular flexibility index (Phi) is 4.23. The fourth-order valence-electron chi connectivity index (χ4n) is 1.42. The second-order valence-electron chi connectivity index (χ2n) is 4.30. The maximum Gasteiger partial charge on any atom is 0.168 e. The van der Waals surface area contributed by atoms with Gasteiger partial charge in [0.2, 0.25) is 0 Å². The summed E-state index contributed by atoms with van der Waals surface area (Å²) in [5.74, 6) is -0.520. The number of halogens is 1. The van der Waals surface area contributed by atoms with E-state index in [4.69, 9.17) is 10.5 Å². The van der Waals surface area contributed by atoms with Crippen molar-refractivity contribution < 1.29 is 13.9 Å². The van der Waals surface area contributed by atoms with Crippen molar-refractivity contribution in [3.8, 4) is 5.75 Å². The van der Waals surface area contributed by atoms with Crippen molar-refractivity contribution in [2.24, 2.45) is 5.73 Å². The third-order valence-electron chi connectivity index (χ3n) is 2.99. The molecule has 2 N–H and O–H groups in total. The summed E-state index contributed by atoms with van der Waals surface area (Å²) in [6.07, 6.45) is 0.515. The van der Waals surface area contributed by atoms with Gasteiger partial charge in [0.1, 0.15) is 0 Å². The first kappa shape index (κ1) is 13.6. The maximum absolute atomic E-state index is 13.8. The Morgan fingerprint density at radius 3 is 2.71 bits per heavy atom. The zero-order valence-corrected chi connectivity index (χ0v) is 10.4. The van der Waals surface area contributed by atoms with E-state index in [0.29, 0.717) is 12.0 Å². The molecule has 1 atom stereocenters. The van der Waals surface area contributed by atoms with Crippen LogP contribution >= 0.6 is 0 Å². The van der Waals surface area contributed by atoms with Gasteiger partial charge in [-0.15, -0.1) is 0 Å². The van der Waals surface area contributed by atoms with Gasteiger partial charge in [-0.3, -0.25) is 4.79 Å². The smallest absolute Gasteiger partial charge is 0.168 e. The van der Waals surface area contributed by atoms with Gasteiger partial charge in [-0.1, -0.05) is 19.1 Å². The second kappa shape index (κ2) is 5.27. The highest BCUT2D eigenvalue weighted by molar-refractivity contribution is 5.89. The summed E-state index contributed by atoms with van der Waals surface area (Å²) < 4.78 is 18.7. The van der Waals surface area contributed by atoms with Crippen molar-refractivity contribution >= 4 is 5.78 Å². The van der Waals surface area contributed by atoms with Crippen LogP contribution in [0.25, 0.3) is 0 Å². The lowest BCUT2D eigenvalue weighted by Crippen LogP contribution is -2.45. The Bertz CT molecular complexity index is 416. The largest absolute Gasteiger partial charge is 0.494 e. The van der Waals surface area contributed by atoms with Crippen molar-refractivity contribution in [1.29, 1.82) is 0 Å². The Morgan fingerprint density at radius 1 is 1.53 bits per heavy atom. The highest BCUT2D eigenvalue weighted by Crippen LogP contribution is 2.21. The van der Waals surface area contributed by atoms with Crippen LogP contribution in [0.5, 0.6) is 5.75 Å². The molecular weight excluding hydrogens is 221 g/mol. The van der Waals surface area contributed by atoms with E-state index in [0.717, 1.165) is 0 Å². The molecule has 17 heavy (non-hydrogen) atoms. The molecule has 3 nitrogen and oxygen atoms in total. The molecular formula is C13H18FNO2. The maximum atomic E-state index is 13.8. The predicted molar refractivity (Wildman–Crippen MR) is 64.5 cm³/mol. The average molecular weight is 239 g/mol. The third-order valence-corrected chi connectivity index (χ3v) is 2.99.